The SMILES string of the molecule is COc1ccccc1N(C)Cc1ccc(CO)cc1. The number of benzene rings is 2. The molecule has 0 radical (unpaired) electrons. The topological polar surface area (TPSA) is 32.7 Å². The quantitative estimate of drug-likeness (QED) is 0.894. The van der Waals surface area contributed by atoms with Crippen molar-refractivity contribution in [3.63, 3.8) is 0 Å². The van der Waals surface area contributed by atoms with Crippen LogP contribution in [0.3, 0.4) is 0 Å². The van der Waals surface area contributed by atoms with E-state index in [1.165, 1.54) is 5.56 Å². The molecule has 19 heavy (non-hydrogen) atoms. The van der Waals surface area contributed by atoms with Crippen LogP contribution in [-0.4, -0.2) is 19.3 Å². The maximum atomic E-state index is 9.03. The Bertz CT molecular complexity index is 523. The number of ether oxygens (including phenoxy) is 1. The van der Waals surface area contributed by atoms with E-state index in [9.17, 15) is 0 Å². The maximum Gasteiger partial charge on any atom is 0.142 e. The van der Waals surface area contributed by atoms with Crippen molar-refractivity contribution in [1.29, 1.82) is 0 Å². The van der Waals surface area contributed by atoms with Crippen molar-refractivity contribution in [2.75, 3.05) is 19.1 Å². The van der Waals surface area contributed by atoms with Crippen LogP contribution in [0.25, 0.3) is 0 Å². The number of hydrogen-bond acceptors (Lipinski definition) is 3. The number of methoxy groups -OCH3 is 1. The summed E-state index contributed by atoms with van der Waals surface area (Å²) >= 11 is 0. The molecule has 0 atom stereocenters. The normalized spacial score (nSPS) is 10.3. The second-order valence-corrected chi connectivity index (χ2v) is 4.50. The van der Waals surface area contributed by atoms with Gasteiger partial charge in [-0.15, -0.1) is 0 Å². The molecule has 100 valence electrons. The average molecular weight is 257 g/mol. The third-order valence-corrected chi connectivity index (χ3v) is 3.12. The average Bonchev–Trinajstić information content (AvgIpc) is 2.48. The minimum Gasteiger partial charge on any atom is -0.495 e. The van der Waals surface area contributed by atoms with Gasteiger partial charge in [-0.05, 0) is 23.3 Å². The Hall–Kier alpha value is -2.00. The fourth-order valence-corrected chi connectivity index (χ4v) is 2.05. The molecule has 0 spiro atoms. The minimum absolute atomic E-state index is 0.0859. The lowest BCUT2D eigenvalue weighted by molar-refractivity contribution is 0.282. The zero-order chi connectivity index (χ0) is 13.7. The summed E-state index contributed by atoms with van der Waals surface area (Å²) in [5.41, 5.74) is 3.20. The highest BCUT2D eigenvalue weighted by molar-refractivity contribution is 5.58. The number of rotatable bonds is 5. The van der Waals surface area contributed by atoms with Gasteiger partial charge < -0.3 is 14.7 Å². The molecule has 2 aromatic rings. The lowest BCUT2D eigenvalue weighted by atomic mass is 10.1. The molecule has 0 fully saturated rings. The second-order valence-electron chi connectivity index (χ2n) is 4.50. The van der Waals surface area contributed by atoms with E-state index in [4.69, 9.17) is 9.84 Å². The summed E-state index contributed by atoms with van der Waals surface area (Å²) < 4.78 is 5.37. The summed E-state index contributed by atoms with van der Waals surface area (Å²) in [5, 5.41) is 9.03. The lowest BCUT2D eigenvalue weighted by Gasteiger charge is -2.21. The standard InChI is InChI=1S/C16H19NO2/c1-17(15-5-3-4-6-16(15)19-2)11-13-7-9-14(12-18)10-8-13/h3-10,18H,11-12H2,1-2H3. The molecular formula is C16H19NO2. The van der Waals surface area contributed by atoms with Gasteiger partial charge in [0, 0.05) is 13.6 Å². The molecule has 3 heteroatoms. The van der Waals surface area contributed by atoms with E-state index in [0.29, 0.717) is 0 Å². The number of para-hydroxylation sites is 2. The number of nitrogens with zero attached hydrogens (tertiary/aromatic N) is 1. The first-order valence-corrected chi connectivity index (χ1v) is 6.27. The summed E-state index contributed by atoms with van der Waals surface area (Å²) in [6.45, 7) is 0.884. The van der Waals surface area contributed by atoms with E-state index in [1.54, 1.807) is 7.11 Å². The Morgan fingerprint density at radius 2 is 1.63 bits per heavy atom. The predicted octanol–water partition coefficient (Wildman–Crippen LogP) is 2.82. The molecule has 0 heterocycles. The number of aliphatic hydroxyl groups is 1. The van der Waals surface area contributed by atoms with Crippen molar-refractivity contribution in [2.45, 2.75) is 13.2 Å². The van der Waals surface area contributed by atoms with Crippen molar-refractivity contribution >= 4 is 5.69 Å². The summed E-state index contributed by atoms with van der Waals surface area (Å²) in [6, 6.07) is 15.9. The Balaban J connectivity index is 2.13. The smallest absolute Gasteiger partial charge is 0.142 e. The van der Waals surface area contributed by atoms with Crippen molar-refractivity contribution < 1.29 is 9.84 Å². The van der Waals surface area contributed by atoms with Crippen LogP contribution in [0.4, 0.5) is 5.69 Å². The van der Waals surface area contributed by atoms with Gasteiger partial charge in [0.05, 0.1) is 19.4 Å². The first kappa shape index (κ1) is 13.4. The molecule has 0 bridgehead atoms. The Morgan fingerprint density at radius 3 is 2.26 bits per heavy atom. The van der Waals surface area contributed by atoms with Crippen LogP contribution in [0.2, 0.25) is 0 Å². The number of hydrogen-bond donors (Lipinski definition) is 1. The highest BCUT2D eigenvalue weighted by Crippen LogP contribution is 2.27. The Labute approximate surface area is 114 Å². The monoisotopic (exact) mass is 257 g/mol. The molecule has 0 aliphatic rings. The van der Waals surface area contributed by atoms with Crippen molar-refractivity contribution in [2.24, 2.45) is 0 Å². The highest BCUT2D eigenvalue weighted by Gasteiger charge is 2.07. The van der Waals surface area contributed by atoms with Crippen molar-refractivity contribution in [3.05, 3.63) is 59.7 Å². The molecule has 2 aromatic carbocycles. The first-order valence-electron chi connectivity index (χ1n) is 6.27. The van der Waals surface area contributed by atoms with Gasteiger partial charge in [0.2, 0.25) is 0 Å². The van der Waals surface area contributed by atoms with E-state index in [2.05, 4.69) is 4.90 Å². The Morgan fingerprint density at radius 1 is 1.00 bits per heavy atom. The zero-order valence-electron chi connectivity index (χ0n) is 11.3. The molecule has 0 aliphatic carbocycles. The Kier molecular flexibility index (Phi) is 4.42. The summed E-state index contributed by atoms with van der Waals surface area (Å²) in [4.78, 5) is 2.15. The van der Waals surface area contributed by atoms with Crippen LogP contribution >= 0.6 is 0 Å². The maximum absolute atomic E-state index is 9.03. The molecule has 2 rings (SSSR count). The third-order valence-electron chi connectivity index (χ3n) is 3.12. The summed E-state index contributed by atoms with van der Waals surface area (Å²) in [5.74, 6) is 0.872. The molecule has 1 N–H and O–H groups in total. The van der Waals surface area contributed by atoms with Crippen molar-refractivity contribution in [1.82, 2.24) is 0 Å². The van der Waals surface area contributed by atoms with E-state index in [1.807, 2.05) is 55.6 Å². The molecule has 0 amide bonds. The third kappa shape index (κ3) is 3.26. The van der Waals surface area contributed by atoms with E-state index < -0.39 is 0 Å². The molecule has 3 nitrogen and oxygen atoms in total. The summed E-state index contributed by atoms with van der Waals surface area (Å²) in [6.07, 6.45) is 0. The van der Waals surface area contributed by atoms with Crippen LogP contribution in [-0.2, 0) is 13.2 Å². The molecular weight excluding hydrogens is 238 g/mol. The van der Waals surface area contributed by atoms with Crippen LogP contribution in [0.1, 0.15) is 11.1 Å². The number of aliphatic hydroxyl groups excluding tert-OH is 1. The predicted molar refractivity (Wildman–Crippen MR) is 77.5 cm³/mol. The van der Waals surface area contributed by atoms with E-state index >= 15 is 0 Å². The van der Waals surface area contributed by atoms with Crippen LogP contribution in [0.15, 0.2) is 48.5 Å². The van der Waals surface area contributed by atoms with Crippen LogP contribution in [0.5, 0.6) is 5.75 Å². The van der Waals surface area contributed by atoms with Gasteiger partial charge in [0.1, 0.15) is 5.75 Å². The first-order chi connectivity index (χ1) is 9.24. The van der Waals surface area contributed by atoms with Gasteiger partial charge in [0.15, 0.2) is 0 Å². The fraction of sp³-hybridized carbons (Fsp3) is 0.250. The van der Waals surface area contributed by atoms with E-state index in [-0.39, 0.29) is 6.61 Å². The lowest BCUT2D eigenvalue weighted by Crippen LogP contribution is -2.17. The zero-order valence-corrected chi connectivity index (χ0v) is 11.3. The molecule has 0 aromatic heterocycles. The minimum atomic E-state index is 0.0859. The van der Waals surface area contributed by atoms with Gasteiger partial charge in [0.25, 0.3) is 0 Å². The van der Waals surface area contributed by atoms with Crippen LogP contribution in [0, 0.1) is 0 Å². The summed E-state index contributed by atoms with van der Waals surface area (Å²) in [7, 11) is 3.72. The second kappa shape index (κ2) is 6.25. The molecule has 0 saturated heterocycles. The fourth-order valence-electron chi connectivity index (χ4n) is 2.05. The molecule has 0 saturated carbocycles. The van der Waals surface area contributed by atoms with Crippen LogP contribution < -0.4 is 9.64 Å². The highest BCUT2D eigenvalue weighted by atomic mass is 16.5. The van der Waals surface area contributed by atoms with Gasteiger partial charge in [-0.2, -0.15) is 0 Å². The number of anilines is 1. The van der Waals surface area contributed by atoms with Gasteiger partial charge in [-0.3, -0.25) is 0 Å². The van der Waals surface area contributed by atoms with Gasteiger partial charge in [-0.1, -0.05) is 36.4 Å². The van der Waals surface area contributed by atoms with E-state index in [0.717, 1.165) is 23.5 Å². The van der Waals surface area contributed by atoms with Crippen molar-refractivity contribution in [3.8, 4) is 5.75 Å². The van der Waals surface area contributed by atoms with Gasteiger partial charge in [-0.25, -0.2) is 0 Å². The largest absolute Gasteiger partial charge is 0.495 e. The molecule has 0 aliphatic heterocycles. The van der Waals surface area contributed by atoms with Gasteiger partial charge >= 0.3 is 0 Å². The molecule has 0 unspecified atom stereocenters.